The highest BCUT2D eigenvalue weighted by Gasteiger charge is 2.28. The van der Waals surface area contributed by atoms with E-state index in [4.69, 9.17) is 18.0 Å². The summed E-state index contributed by atoms with van der Waals surface area (Å²) >= 11 is 8.51. The van der Waals surface area contributed by atoms with Crippen LogP contribution in [-0.2, 0) is 0 Å². The van der Waals surface area contributed by atoms with Gasteiger partial charge in [0, 0.05) is 28.3 Å². The molecule has 0 heterocycles. The Hall–Kier alpha value is -0.610. The van der Waals surface area contributed by atoms with Crippen molar-refractivity contribution in [2.75, 3.05) is 11.4 Å². The van der Waals surface area contributed by atoms with Gasteiger partial charge in [0.15, 0.2) is 0 Å². The van der Waals surface area contributed by atoms with Crippen LogP contribution in [0.2, 0.25) is 0 Å². The lowest BCUT2D eigenvalue weighted by atomic mass is 10.2. The van der Waals surface area contributed by atoms with E-state index in [-0.39, 0.29) is 0 Å². The lowest BCUT2D eigenvalue weighted by Crippen LogP contribution is -2.25. The number of anilines is 1. The smallest absolute Gasteiger partial charge is 0.105 e. The first-order chi connectivity index (χ1) is 7.63. The molecule has 0 amide bonds. The highest BCUT2D eigenvalue weighted by Crippen LogP contribution is 2.33. The van der Waals surface area contributed by atoms with Crippen LogP contribution in [0.5, 0.6) is 0 Å². The summed E-state index contributed by atoms with van der Waals surface area (Å²) in [6.45, 7) is 3.23. The van der Waals surface area contributed by atoms with Crippen molar-refractivity contribution in [2.45, 2.75) is 25.8 Å². The standard InChI is InChI=1S/C12H15BrN2S/c1-2-15(8-3-4-8)9-5-6-10(12(14)16)11(13)7-9/h5-8H,2-4H2,1H3,(H2,14,16). The Kier molecular flexibility index (Phi) is 3.50. The van der Waals surface area contributed by atoms with Crippen LogP contribution in [0.3, 0.4) is 0 Å². The molecule has 0 radical (unpaired) electrons. The van der Waals surface area contributed by atoms with E-state index in [0.29, 0.717) is 4.99 Å². The largest absolute Gasteiger partial charge is 0.389 e. The molecule has 1 fully saturated rings. The van der Waals surface area contributed by atoms with Gasteiger partial charge in [0.05, 0.1) is 0 Å². The Morgan fingerprint density at radius 3 is 2.69 bits per heavy atom. The minimum atomic E-state index is 0.438. The molecule has 86 valence electrons. The van der Waals surface area contributed by atoms with E-state index in [9.17, 15) is 0 Å². The van der Waals surface area contributed by atoms with Crippen molar-refractivity contribution in [3.63, 3.8) is 0 Å². The van der Waals surface area contributed by atoms with Crippen LogP contribution >= 0.6 is 28.1 Å². The van der Waals surface area contributed by atoms with Crippen molar-refractivity contribution in [3.05, 3.63) is 28.2 Å². The molecule has 0 aromatic heterocycles. The molecule has 0 bridgehead atoms. The number of halogens is 1. The minimum Gasteiger partial charge on any atom is -0.389 e. The Morgan fingerprint density at radius 1 is 1.56 bits per heavy atom. The maximum atomic E-state index is 5.63. The maximum Gasteiger partial charge on any atom is 0.105 e. The summed E-state index contributed by atoms with van der Waals surface area (Å²) in [5.74, 6) is 0. The summed E-state index contributed by atoms with van der Waals surface area (Å²) < 4.78 is 0.983. The Labute approximate surface area is 110 Å². The molecule has 2 rings (SSSR count). The van der Waals surface area contributed by atoms with Gasteiger partial charge in [0.25, 0.3) is 0 Å². The number of hydrogen-bond donors (Lipinski definition) is 1. The molecule has 1 saturated carbocycles. The molecular weight excluding hydrogens is 284 g/mol. The van der Waals surface area contributed by atoms with E-state index < -0.39 is 0 Å². The molecule has 2 nitrogen and oxygen atoms in total. The van der Waals surface area contributed by atoms with E-state index in [0.717, 1.165) is 22.6 Å². The fraction of sp³-hybridized carbons (Fsp3) is 0.417. The normalized spacial score (nSPS) is 14.9. The minimum absolute atomic E-state index is 0.438. The molecule has 0 spiro atoms. The Balaban J connectivity index is 2.28. The second-order valence-electron chi connectivity index (χ2n) is 4.05. The second kappa shape index (κ2) is 4.72. The summed E-state index contributed by atoms with van der Waals surface area (Å²) in [4.78, 5) is 2.86. The van der Waals surface area contributed by atoms with E-state index >= 15 is 0 Å². The molecule has 2 N–H and O–H groups in total. The molecule has 16 heavy (non-hydrogen) atoms. The van der Waals surface area contributed by atoms with Crippen LogP contribution in [-0.4, -0.2) is 17.6 Å². The second-order valence-corrected chi connectivity index (χ2v) is 5.34. The van der Waals surface area contributed by atoms with Gasteiger partial charge in [-0.05, 0) is 53.9 Å². The summed E-state index contributed by atoms with van der Waals surface area (Å²) in [5, 5.41) is 0. The van der Waals surface area contributed by atoms with Crippen LogP contribution in [0.25, 0.3) is 0 Å². The predicted molar refractivity (Wildman–Crippen MR) is 76.1 cm³/mol. The number of thiocarbonyl (C=S) groups is 1. The first kappa shape index (κ1) is 11.9. The highest BCUT2D eigenvalue weighted by molar-refractivity contribution is 9.10. The molecule has 4 heteroatoms. The third-order valence-electron chi connectivity index (χ3n) is 2.88. The first-order valence-corrected chi connectivity index (χ1v) is 6.69. The quantitative estimate of drug-likeness (QED) is 0.866. The SMILES string of the molecule is CCN(c1ccc(C(N)=S)c(Br)c1)C1CC1. The molecular formula is C12H15BrN2S. The molecule has 1 aliphatic rings. The maximum absolute atomic E-state index is 5.63. The van der Waals surface area contributed by atoms with Crippen molar-refractivity contribution >= 4 is 38.8 Å². The van der Waals surface area contributed by atoms with E-state index in [1.165, 1.54) is 18.5 Å². The number of rotatable bonds is 4. The summed E-state index contributed by atoms with van der Waals surface area (Å²) in [7, 11) is 0. The monoisotopic (exact) mass is 298 g/mol. The lowest BCUT2D eigenvalue weighted by Gasteiger charge is -2.23. The number of nitrogens with two attached hydrogens (primary N) is 1. The summed E-state index contributed by atoms with van der Waals surface area (Å²) in [6, 6.07) is 6.93. The van der Waals surface area contributed by atoms with Gasteiger partial charge >= 0.3 is 0 Å². The zero-order valence-electron chi connectivity index (χ0n) is 9.24. The number of benzene rings is 1. The van der Waals surface area contributed by atoms with Crippen LogP contribution in [0.4, 0.5) is 5.69 Å². The van der Waals surface area contributed by atoms with Crippen molar-refractivity contribution in [1.29, 1.82) is 0 Å². The molecule has 1 aromatic rings. The molecule has 0 atom stereocenters. The Morgan fingerprint density at radius 2 is 2.25 bits per heavy atom. The van der Waals surface area contributed by atoms with Gasteiger partial charge in [-0.15, -0.1) is 0 Å². The van der Waals surface area contributed by atoms with Crippen LogP contribution in [0, 0.1) is 0 Å². The van der Waals surface area contributed by atoms with Crippen LogP contribution in [0.1, 0.15) is 25.3 Å². The summed E-state index contributed by atoms with van der Waals surface area (Å²) in [5.41, 5.74) is 7.79. The predicted octanol–water partition coefficient (Wildman–Crippen LogP) is 3.07. The zero-order valence-corrected chi connectivity index (χ0v) is 11.6. The average Bonchev–Trinajstić information content (AvgIpc) is 3.02. The number of hydrogen-bond acceptors (Lipinski definition) is 2. The van der Waals surface area contributed by atoms with Gasteiger partial charge in [0.1, 0.15) is 4.99 Å². The molecule has 1 aromatic carbocycles. The van der Waals surface area contributed by atoms with Crippen molar-refractivity contribution in [3.8, 4) is 0 Å². The van der Waals surface area contributed by atoms with Gasteiger partial charge in [0.2, 0.25) is 0 Å². The number of nitrogens with zero attached hydrogens (tertiary/aromatic N) is 1. The molecule has 0 aliphatic heterocycles. The van der Waals surface area contributed by atoms with Gasteiger partial charge in [-0.3, -0.25) is 0 Å². The molecule has 1 aliphatic carbocycles. The van der Waals surface area contributed by atoms with E-state index in [2.05, 4.69) is 39.9 Å². The average molecular weight is 299 g/mol. The molecule has 0 unspecified atom stereocenters. The van der Waals surface area contributed by atoms with Crippen LogP contribution < -0.4 is 10.6 Å². The van der Waals surface area contributed by atoms with Gasteiger partial charge in [-0.25, -0.2) is 0 Å². The fourth-order valence-corrected chi connectivity index (χ4v) is 2.81. The third-order valence-corrected chi connectivity index (χ3v) is 3.75. The fourth-order valence-electron chi connectivity index (χ4n) is 1.92. The first-order valence-electron chi connectivity index (χ1n) is 5.49. The van der Waals surface area contributed by atoms with E-state index in [1.807, 2.05) is 6.07 Å². The lowest BCUT2D eigenvalue weighted by molar-refractivity contribution is 0.826. The zero-order chi connectivity index (χ0) is 11.7. The van der Waals surface area contributed by atoms with Gasteiger partial charge < -0.3 is 10.6 Å². The van der Waals surface area contributed by atoms with Crippen LogP contribution in [0.15, 0.2) is 22.7 Å². The van der Waals surface area contributed by atoms with E-state index in [1.54, 1.807) is 0 Å². The Bertz CT molecular complexity index is 415. The summed E-state index contributed by atoms with van der Waals surface area (Å²) in [6.07, 6.45) is 2.62. The van der Waals surface area contributed by atoms with Crippen molar-refractivity contribution < 1.29 is 0 Å². The van der Waals surface area contributed by atoms with Crippen molar-refractivity contribution in [2.24, 2.45) is 5.73 Å². The topological polar surface area (TPSA) is 29.3 Å². The van der Waals surface area contributed by atoms with Crippen molar-refractivity contribution in [1.82, 2.24) is 0 Å². The highest BCUT2D eigenvalue weighted by atomic mass is 79.9. The molecule has 0 saturated heterocycles. The van der Waals surface area contributed by atoms with Gasteiger partial charge in [-0.1, -0.05) is 12.2 Å². The third kappa shape index (κ3) is 2.38. The van der Waals surface area contributed by atoms with Gasteiger partial charge in [-0.2, -0.15) is 0 Å².